The molecule has 0 fully saturated rings. The van der Waals surface area contributed by atoms with Gasteiger partial charge in [0.2, 0.25) is 0 Å². The first-order chi connectivity index (χ1) is 33.5. The van der Waals surface area contributed by atoms with Crippen molar-refractivity contribution in [3.05, 3.63) is 85.1 Å². The summed E-state index contributed by atoms with van der Waals surface area (Å²) < 4.78 is 16.8. The van der Waals surface area contributed by atoms with Crippen molar-refractivity contribution >= 4 is 17.9 Å². The predicted octanol–water partition coefficient (Wildman–Crippen LogP) is 19.2. The van der Waals surface area contributed by atoms with Gasteiger partial charge in [0.15, 0.2) is 6.10 Å². The van der Waals surface area contributed by atoms with Crippen LogP contribution in [0.25, 0.3) is 0 Å². The van der Waals surface area contributed by atoms with E-state index in [-0.39, 0.29) is 37.5 Å². The molecule has 0 aromatic heterocycles. The normalized spacial score (nSPS) is 12.7. The Kier molecular flexibility index (Phi) is 53.4. The van der Waals surface area contributed by atoms with Crippen molar-refractivity contribution in [3.63, 3.8) is 0 Å². The van der Waals surface area contributed by atoms with Crippen molar-refractivity contribution in [2.45, 2.75) is 277 Å². The lowest BCUT2D eigenvalue weighted by Gasteiger charge is -2.18. The highest BCUT2D eigenvalue weighted by atomic mass is 16.6. The number of hydrogen-bond donors (Lipinski definition) is 0. The molecule has 0 saturated carbocycles. The van der Waals surface area contributed by atoms with Crippen LogP contribution in [0.4, 0.5) is 0 Å². The zero-order valence-electron chi connectivity index (χ0n) is 44.6. The van der Waals surface area contributed by atoms with Gasteiger partial charge in [0.1, 0.15) is 13.2 Å². The zero-order chi connectivity index (χ0) is 49.3. The number of ether oxygens (including phenoxy) is 3. The van der Waals surface area contributed by atoms with Crippen LogP contribution in [0.15, 0.2) is 85.1 Å². The van der Waals surface area contributed by atoms with E-state index in [1.807, 2.05) is 18.2 Å². The largest absolute Gasteiger partial charge is 0.462 e. The van der Waals surface area contributed by atoms with Crippen LogP contribution in [0.5, 0.6) is 0 Å². The average molecular weight is 948 g/mol. The van der Waals surface area contributed by atoms with Crippen LogP contribution in [-0.2, 0) is 28.6 Å². The number of allylic oxidation sites excluding steroid dienone is 14. The number of hydrogen-bond acceptors (Lipinski definition) is 6. The maximum Gasteiger partial charge on any atom is 0.306 e. The van der Waals surface area contributed by atoms with Gasteiger partial charge in [-0.3, -0.25) is 14.4 Å². The molecule has 0 aliphatic carbocycles. The third kappa shape index (κ3) is 53.5. The standard InChI is InChI=1S/C62H106O6/c1-4-7-10-13-16-19-22-25-28-30-31-32-35-37-40-43-46-49-52-55-61(64)67-58-59(57-66-60(63)54-51-48-45-42-39-36-33-27-24-21-18-15-12-9-6-3)68-62(65)56-53-50-47-44-41-38-34-29-26-23-20-17-14-11-8-5-2/h9,12,15,18,21,24,27,29-31,33-34,38,41,59H,4-8,10-11,13-14,16-17,19-20,22-23,25-26,28,32,35-37,39-40,42-58H2,1-3H3/b12-9-,18-15-,24-21-,31-30-,33-27-,34-29-,41-38-. The van der Waals surface area contributed by atoms with Crippen LogP contribution < -0.4 is 0 Å². The summed E-state index contributed by atoms with van der Waals surface area (Å²) in [5.41, 5.74) is 0. The monoisotopic (exact) mass is 947 g/mol. The first-order valence-electron chi connectivity index (χ1n) is 28.7. The summed E-state index contributed by atoms with van der Waals surface area (Å²) in [5.74, 6) is -0.947. The number of unbranched alkanes of at least 4 members (excludes halogenated alkanes) is 30. The quantitative estimate of drug-likeness (QED) is 0.0199. The Morgan fingerprint density at radius 2 is 0.588 bits per heavy atom. The van der Waals surface area contributed by atoms with Gasteiger partial charge in [-0.1, -0.05) is 247 Å². The molecule has 0 N–H and O–H groups in total. The highest BCUT2D eigenvalue weighted by molar-refractivity contribution is 5.71. The molecule has 0 radical (unpaired) electrons. The lowest BCUT2D eigenvalue weighted by atomic mass is 10.1. The van der Waals surface area contributed by atoms with Gasteiger partial charge in [0, 0.05) is 19.3 Å². The van der Waals surface area contributed by atoms with Gasteiger partial charge in [-0.25, -0.2) is 0 Å². The van der Waals surface area contributed by atoms with Crippen molar-refractivity contribution in [1.29, 1.82) is 0 Å². The van der Waals surface area contributed by atoms with Crippen LogP contribution in [0.1, 0.15) is 271 Å². The van der Waals surface area contributed by atoms with Gasteiger partial charge in [-0.2, -0.15) is 0 Å². The molecule has 6 nitrogen and oxygen atoms in total. The van der Waals surface area contributed by atoms with E-state index in [9.17, 15) is 14.4 Å². The molecule has 0 saturated heterocycles. The molecule has 68 heavy (non-hydrogen) atoms. The van der Waals surface area contributed by atoms with Crippen molar-refractivity contribution in [1.82, 2.24) is 0 Å². The predicted molar refractivity (Wildman–Crippen MR) is 293 cm³/mol. The van der Waals surface area contributed by atoms with Gasteiger partial charge >= 0.3 is 17.9 Å². The fraction of sp³-hybridized carbons (Fsp3) is 0.726. The first-order valence-corrected chi connectivity index (χ1v) is 28.7. The lowest BCUT2D eigenvalue weighted by molar-refractivity contribution is -0.167. The minimum atomic E-state index is -0.803. The van der Waals surface area contributed by atoms with Gasteiger partial charge in [0.05, 0.1) is 0 Å². The van der Waals surface area contributed by atoms with Crippen molar-refractivity contribution in [3.8, 4) is 0 Å². The van der Waals surface area contributed by atoms with Crippen LogP contribution in [0.2, 0.25) is 0 Å². The Morgan fingerprint density at radius 3 is 0.971 bits per heavy atom. The Bertz CT molecular complexity index is 1320. The Morgan fingerprint density at radius 1 is 0.309 bits per heavy atom. The summed E-state index contributed by atoms with van der Waals surface area (Å²) in [6.07, 6.45) is 72.9. The fourth-order valence-corrected chi connectivity index (χ4v) is 7.91. The Labute approximate surface area is 420 Å². The van der Waals surface area contributed by atoms with Gasteiger partial charge in [-0.15, -0.1) is 0 Å². The van der Waals surface area contributed by atoms with Crippen molar-refractivity contribution < 1.29 is 28.6 Å². The lowest BCUT2D eigenvalue weighted by Crippen LogP contribution is -2.30. The SMILES string of the molecule is CC\C=C/C=C\C=C/C=C\CCCCCCCC(=O)OCC(COC(=O)CCCCCCCCC/C=C\CCCCCCCCCC)OC(=O)CCCCC/C=C\C=C/CCCCCCCCC. The molecule has 1 atom stereocenters. The van der Waals surface area contributed by atoms with E-state index in [2.05, 4.69) is 87.6 Å². The number of esters is 3. The second kappa shape index (κ2) is 56.2. The van der Waals surface area contributed by atoms with E-state index >= 15 is 0 Å². The average Bonchev–Trinajstić information content (AvgIpc) is 3.34. The smallest absolute Gasteiger partial charge is 0.306 e. The maximum absolute atomic E-state index is 12.8. The number of carbonyl (C=O) groups excluding carboxylic acids is 3. The van der Waals surface area contributed by atoms with E-state index in [1.165, 1.54) is 135 Å². The molecule has 0 heterocycles. The van der Waals surface area contributed by atoms with Crippen LogP contribution in [-0.4, -0.2) is 37.2 Å². The number of rotatable bonds is 51. The summed E-state index contributed by atoms with van der Waals surface area (Å²) in [4.78, 5) is 38.1. The van der Waals surface area contributed by atoms with Gasteiger partial charge < -0.3 is 14.2 Å². The highest BCUT2D eigenvalue weighted by Gasteiger charge is 2.19. The molecule has 0 spiro atoms. The summed E-state index contributed by atoms with van der Waals surface area (Å²) in [6.45, 7) is 6.46. The van der Waals surface area contributed by atoms with E-state index in [1.54, 1.807) is 0 Å². The molecule has 1 unspecified atom stereocenters. The second-order valence-electron chi connectivity index (χ2n) is 18.9. The molecule has 6 heteroatoms. The highest BCUT2D eigenvalue weighted by Crippen LogP contribution is 2.15. The topological polar surface area (TPSA) is 78.9 Å². The molecule has 0 amide bonds. The van der Waals surface area contributed by atoms with Crippen molar-refractivity contribution in [2.24, 2.45) is 0 Å². The van der Waals surface area contributed by atoms with Crippen molar-refractivity contribution in [2.75, 3.05) is 13.2 Å². The molecule has 0 aromatic carbocycles. The molecule has 0 aliphatic rings. The fourth-order valence-electron chi connectivity index (χ4n) is 7.91. The number of carbonyl (C=O) groups is 3. The van der Waals surface area contributed by atoms with Crippen LogP contribution in [0, 0.1) is 0 Å². The molecular weight excluding hydrogens is 841 g/mol. The first kappa shape index (κ1) is 64.6. The summed E-state index contributed by atoms with van der Waals surface area (Å²) in [7, 11) is 0. The third-order valence-electron chi connectivity index (χ3n) is 12.2. The molecule has 0 bridgehead atoms. The van der Waals surface area contributed by atoms with E-state index in [4.69, 9.17) is 14.2 Å². The van der Waals surface area contributed by atoms with E-state index in [0.29, 0.717) is 12.8 Å². The zero-order valence-corrected chi connectivity index (χ0v) is 44.6. The minimum absolute atomic E-state index is 0.0973. The molecule has 0 aliphatic heterocycles. The van der Waals surface area contributed by atoms with Gasteiger partial charge in [0.25, 0.3) is 0 Å². The minimum Gasteiger partial charge on any atom is -0.462 e. The molecule has 390 valence electrons. The van der Waals surface area contributed by atoms with Crippen LogP contribution in [0.3, 0.4) is 0 Å². The summed E-state index contributed by atoms with van der Waals surface area (Å²) in [6, 6.07) is 0. The summed E-state index contributed by atoms with van der Waals surface area (Å²) in [5, 5.41) is 0. The Balaban J connectivity index is 4.45. The molecule has 0 aromatic rings. The Hall–Kier alpha value is -3.41. The van der Waals surface area contributed by atoms with Gasteiger partial charge in [-0.05, 0) is 89.9 Å². The second-order valence-corrected chi connectivity index (χ2v) is 18.9. The summed E-state index contributed by atoms with van der Waals surface area (Å²) >= 11 is 0. The molecule has 0 rings (SSSR count). The maximum atomic E-state index is 12.8. The van der Waals surface area contributed by atoms with Crippen LogP contribution >= 0.6 is 0 Å². The van der Waals surface area contributed by atoms with E-state index in [0.717, 1.165) is 96.3 Å². The van der Waals surface area contributed by atoms with E-state index < -0.39 is 6.10 Å². The third-order valence-corrected chi connectivity index (χ3v) is 12.2. The molecular formula is C62H106O6.